The van der Waals surface area contributed by atoms with Crippen molar-refractivity contribution in [1.82, 2.24) is 35.6 Å². The minimum Gasteiger partial charge on any atom is -0.481 e. The third kappa shape index (κ3) is 7.63. The molecule has 2 saturated heterocycles. The van der Waals surface area contributed by atoms with Crippen molar-refractivity contribution >= 4 is 40.7 Å². The van der Waals surface area contributed by atoms with E-state index in [1.807, 2.05) is 49.4 Å². The van der Waals surface area contributed by atoms with Gasteiger partial charge < -0.3 is 26.0 Å². The van der Waals surface area contributed by atoms with Gasteiger partial charge in [-0.15, -0.1) is 0 Å². The predicted octanol–water partition coefficient (Wildman–Crippen LogP) is 5.59. The first-order chi connectivity index (χ1) is 25.6. The molecule has 3 aromatic heterocycles. The second-order valence-corrected chi connectivity index (χ2v) is 14.1. The van der Waals surface area contributed by atoms with Crippen molar-refractivity contribution in [2.45, 2.75) is 57.8 Å². The van der Waals surface area contributed by atoms with Crippen LogP contribution in [0.25, 0.3) is 39.2 Å². The van der Waals surface area contributed by atoms with Gasteiger partial charge in [-0.2, -0.15) is 0 Å². The summed E-state index contributed by atoms with van der Waals surface area (Å²) in [4.78, 5) is 45.9. The van der Waals surface area contributed by atoms with Gasteiger partial charge in [-0.25, -0.2) is 14.4 Å². The van der Waals surface area contributed by atoms with Gasteiger partial charge in [-0.05, 0) is 37.5 Å². The van der Waals surface area contributed by atoms with Crippen LogP contribution in [-0.4, -0.2) is 58.5 Å². The Morgan fingerprint density at radius 3 is 2.02 bits per heavy atom. The van der Waals surface area contributed by atoms with Crippen LogP contribution in [0.4, 0.5) is 4.39 Å². The zero-order valence-electron chi connectivity index (χ0n) is 29.2. The smallest absolute Gasteiger partial charge is 0.262 e. The third-order valence-electron chi connectivity index (χ3n) is 9.79. The number of aromatic nitrogens is 3. The van der Waals surface area contributed by atoms with Gasteiger partial charge in [0.15, 0.2) is 0 Å². The van der Waals surface area contributed by atoms with Gasteiger partial charge in [0.25, 0.3) is 5.56 Å². The molecule has 14 heteroatoms. The van der Waals surface area contributed by atoms with Crippen LogP contribution in [0.1, 0.15) is 42.5 Å². The van der Waals surface area contributed by atoms with Crippen LogP contribution in [0.15, 0.2) is 65.6 Å². The van der Waals surface area contributed by atoms with Gasteiger partial charge in [-0.1, -0.05) is 59.6 Å². The van der Waals surface area contributed by atoms with Crippen molar-refractivity contribution in [1.29, 1.82) is 0 Å². The van der Waals surface area contributed by atoms with E-state index < -0.39 is 5.82 Å². The molecule has 2 fully saturated rings. The van der Waals surface area contributed by atoms with Gasteiger partial charge >= 0.3 is 0 Å². The highest BCUT2D eigenvalue weighted by Gasteiger charge is 2.23. The number of nitrogens with zero attached hydrogens (tertiary/aromatic N) is 3. The lowest BCUT2D eigenvalue weighted by atomic mass is 9.97. The Labute approximate surface area is 315 Å². The lowest BCUT2D eigenvalue weighted by Gasteiger charge is -2.16. The van der Waals surface area contributed by atoms with Crippen LogP contribution >= 0.6 is 23.2 Å². The van der Waals surface area contributed by atoms with E-state index in [-0.39, 0.29) is 47.4 Å². The highest BCUT2D eigenvalue weighted by molar-refractivity contribution is 6.39. The van der Waals surface area contributed by atoms with Crippen molar-refractivity contribution in [3.05, 3.63) is 104 Å². The van der Waals surface area contributed by atoms with Crippen molar-refractivity contribution in [3.8, 4) is 39.4 Å². The van der Waals surface area contributed by atoms with E-state index in [9.17, 15) is 14.4 Å². The number of ether oxygens (including phenoxy) is 1. The maximum Gasteiger partial charge on any atom is 0.262 e. The maximum atomic E-state index is 15.6. The number of aryl methyl sites for hydroxylation is 1. The molecule has 274 valence electrons. The number of carbonyl (C=O) groups is 2. The molecule has 0 spiro atoms. The van der Waals surface area contributed by atoms with Crippen LogP contribution in [0, 0.1) is 12.7 Å². The second kappa shape index (κ2) is 15.6. The van der Waals surface area contributed by atoms with Gasteiger partial charge in [0.1, 0.15) is 11.5 Å². The van der Waals surface area contributed by atoms with E-state index in [2.05, 4.69) is 26.3 Å². The number of rotatable bonds is 12. The zero-order valence-corrected chi connectivity index (χ0v) is 30.7. The molecule has 0 bridgehead atoms. The summed E-state index contributed by atoms with van der Waals surface area (Å²) < 4.78 is 22.6. The van der Waals surface area contributed by atoms with E-state index in [4.69, 9.17) is 32.9 Å². The summed E-state index contributed by atoms with van der Waals surface area (Å²) in [6.07, 6.45) is 4.20. The Morgan fingerprint density at radius 1 is 0.830 bits per heavy atom. The highest BCUT2D eigenvalue weighted by atomic mass is 35.5. The molecule has 0 radical (unpaired) electrons. The number of pyridine rings is 2. The number of hydrogen-bond donors (Lipinski definition) is 4. The van der Waals surface area contributed by atoms with E-state index >= 15 is 4.39 Å². The molecule has 5 aromatic rings. The number of benzene rings is 2. The Bertz CT molecular complexity index is 2300. The van der Waals surface area contributed by atoms with Crippen molar-refractivity contribution in [2.24, 2.45) is 0 Å². The van der Waals surface area contributed by atoms with Crippen molar-refractivity contribution < 1.29 is 18.7 Å². The second-order valence-electron chi connectivity index (χ2n) is 13.3. The fourth-order valence-corrected chi connectivity index (χ4v) is 7.61. The molecule has 0 saturated carbocycles. The van der Waals surface area contributed by atoms with Crippen molar-refractivity contribution in [2.75, 3.05) is 20.2 Å². The van der Waals surface area contributed by atoms with Crippen LogP contribution in [0.3, 0.4) is 0 Å². The number of fused-ring (bicyclic) bond motifs is 1. The fraction of sp³-hybridized carbons (Fsp3) is 0.308. The predicted molar refractivity (Wildman–Crippen MR) is 203 cm³/mol. The molecule has 4 N–H and O–H groups in total. The standard InChI is InChI=1S/C39H38Cl2FN7O4/c1-21-29(19-43-17-23-9-11-34(50)46-23)39(52)49-14-13-22(15-33(49)45-21)25-5-3-6-26(36(25)40)27-7-4-8-28(37(27)41)32-16-31(42)30(38(48-32)53-2)20-44-18-24-10-12-35(51)47-24/h3-8,13-16,23-24,43-44H,9-12,17-20H2,1-2H3,(H,46,50)(H,47,51)/t23-,24+/m0/s1. The van der Waals surface area contributed by atoms with Gasteiger partial charge in [0, 0.05) is 91.3 Å². The molecular formula is C39H38Cl2FN7O4. The van der Waals surface area contributed by atoms with E-state index in [0.29, 0.717) is 87.4 Å². The molecule has 2 atom stereocenters. The first kappa shape index (κ1) is 36.5. The Kier molecular flexibility index (Phi) is 10.7. The normalized spacial score (nSPS) is 17.0. The first-order valence-corrected chi connectivity index (χ1v) is 18.2. The van der Waals surface area contributed by atoms with E-state index in [0.717, 1.165) is 18.4 Å². The zero-order chi connectivity index (χ0) is 37.2. The molecule has 0 aliphatic carbocycles. The molecule has 7 rings (SSSR count). The Hall–Kier alpha value is -4.88. The summed E-state index contributed by atoms with van der Waals surface area (Å²) in [5, 5.41) is 13.1. The monoisotopic (exact) mass is 757 g/mol. The molecule has 53 heavy (non-hydrogen) atoms. The molecule has 2 amide bonds. The summed E-state index contributed by atoms with van der Waals surface area (Å²) >= 11 is 14.1. The molecule has 2 aliphatic heterocycles. The lowest BCUT2D eigenvalue weighted by Crippen LogP contribution is -2.36. The van der Waals surface area contributed by atoms with Crippen molar-refractivity contribution in [3.63, 3.8) is 0 Å². The number of methoxy groups -OCH3 is 1. The minimum atomic E-state index is -0.502. The molecule has 0 unspecified atom stereocenters. The van der Waals surface area contributed by atoms with E-state index in [1.54, 1.807) is 12.3 Å². The summed E-state index contributed by atoms with van der Waals surface area (Å²) in [6.45, 7) is 3.39. The largest absolute Gasteiger partial charge is 0.481 e. The summed E-state index contributed by atoms with van der Waals surface area (Å²) in [5.41, 5.74) is 5.30. The maximum absolute atomic E-state index is 15.6. The molecule has 11 nitrogen and oxygen atoms in total. The van der Waals surface area contributed by atoms with Crippen LogP contribution in [0.5, 0.6) is 5.88 Å². The average molecular weight is 759 g/mol. The van der Waals surface area contributed by atoms with E-state index in [1.165, 1.54) is 17.6 Å². The summed E-state index contributed by atoms with van der Waals surface area (Å²) in [6, 6.07) is 16.1. The third-order valence-corrected chi connectivity index (χ3v) is 10.6. The number of halogens is 3. The summed E-state index contributed by atoms with van der Waals surface area (Å²) in [5.74, 6) is -0.303. The molecule has 2 aromatic carbocycles. The van der Waals surface area contributed by atoms with Crippen LogP contribution in [0.2, 0.25) is 10.0 Å². The Balaban J connectivity index is 1.14. The SMILES string of the molecule is COc1nc(-c2cccc(-c3cccc(-c4ccn5c(=O)c(CNC[C@@H]6CCC(=O)N6)c(C)nc5c4)c3Cl)c2Cl)cc(F)c1CNC[C@H]1CCC(=O)N1. The average Bonchev–Trinajstić information content (AvgIpc) is 3.76. The fourth-order valence-electron chi connectivity index (χ4n) is 6.95. The van der Waals surface area contributed by atoms with Gasteiger partial charge in [0.2, 0.25) is 17.7 Å². The molecule has 5 heterocycles. The topological polar surface area (TPSA) is 139 Å². The minimum absolute atomic E-state index is 0.00315. The number of amides is 2. The lowest BCUT2D eigenvalue weighted by molar-refractivity contribution is -0.120. The van der Waals surface area contributed by atoms with Crippen LogP contribution in [-0.2, 0) is 22.7 Å². The van der Waals surface area contributed by atoms with Gasteiger partial charge in [-0.3, -0.25) is 18.8 Å². The quantitative estimate of drug-likeness (QED) is 0.129. The first-order valence-electron chi connectivity index (χ1n) is 17.4. The summed E-state index contributed by atoms with van der Waals surface area (Å²) in [7, 11) is 1.44. The highest BCUT2D eigenvalue weighted by Crippen LogP contribution is 2.42. The molecule has 2 aliphatic rings. The number of nitrogens with one attached hydrogen (secondary N) is 4. The number of carbonyl (C=O) groups excluding carboxylic acids is 2. The Morgan fingerprint density at radius 2 is 1.42 bits per heavy atom. The van der Waals surface area contributed by atoms with Crippen LogP contribution < -0.4 is 31.6 Å². The number of hydrogen-bond acceptors (Lipinski definition) is 8. The molecular weight excluding hydrogens is 720 g/mol. The van der Waals surface area contributed by atoms with Gasteiger partial charge in [0.05, 0.1) is 34.0 Å².